The molecule has 0 radical (unpaired) electrons. The van der Waals surface area contributed by atoms with Crippen LogP contribution in [-0.4, -0.2) is 9.13 Å². The fourth-order valence-corrected chi connectivity index (χ4v) is 8.22. The monoisotopic (exact) mass is 700 g/mol. The molecule has 0 saturated heterocycles. The first-order valence-corrected chi connectivity index (χ1v) is 19.9. The van der Waals surface area contributed by atoms with Gasteiger partial charge in [-0.2, -0.15) is 0 Å². The molecular formula is C46H50Cl2N2. The highest BCUT2D eigenvalue weighted by molar-refractivity contribution is 6.33. The summed E-state index contributed by atoms with van der Waals surface area (Å²) in [6, 6.07) is 35.7. The van der Waals surface area contributed by atoms with Crippen molar-refractivity contribution in [3.05, 3.63) is 118 Å². The van der Waals surface area contributed by atoms with Crippen molar-refractivity contribution in [3.8, 4) is 11.4 Å². The fourth-order valence-electron chi connectivity index (χ4n) is 7.87. The van der Waals surface area contributed by atoms with E-state index >= 15 is 0 Å². The molecule has 0 fully saturated rings. The molecule has 0 N–H and O–H groups in total. The average molecular weight is 702 g/mol. The highest BCUT2D eigenvalue weighted by Gasteiger charge is 2.19. The van der Waals surface area contributed by atoms with Crippen molar-refractivity contribution in [1.29, 1.82) is 0 Å². The Hall–Kier alpha value is -3.72. The van der Waals surface area contributed by atoms with Crippen molar-refractivity contribution in [2.75, 3.05) is 0 Å². The molecule has 2 nitrogen and oxygen atoms in total. The van der Waals surface area contributed by atoms with Gasteiger partial charge < -0.3 is 9.13 Å². The van der Waals surface area contributed by atoms with Crippen LogP contribution in [0.3, 0.4) is 0 Å². The zero-order valence-corrected chi connectivity index (χ0v) is 31.3. The van der Waals surface area contributed by atoms with Crippen LogP contribution in [0.2, 0.25) is 10.0 Å². The Labute approximate surface area is 308 Å². The second-order valence-corrected chi connectivity index (χ2v) is 15.1. The number of hydrogen-bond donors (Lipinski definition) is 0. The van der Waals surface area contributed by atoms with Crippen molar-refractivity contribution < 1.29 is 0 Å². The van der Waals surface area contributed by atoms with E-state index in [9.17, 15) is 0 Å². The number of unbranched alkanes of at least 4 members (excludes halogenated alkanes) is 10. The summed E-state index contributed by atoms with van der Waals surface area (Å²) >= 11 is 13.3. The summed E-state index contributed by atoms with van der Waals surface area (Å²) < 4.78 is 4.81. The van der Waals surface area contributed by atoms with Crippen molar-refractivity contribution in [1.82, 2.24) is 9.13 Å². The highest BCUT2D eigenvalue weighted by Crippen LogP contribution is 2.41. The van der Waals surface area contributed by atoms with Gasteiger partial charge in [-0.3, -0.25) is 0 Å². The lowest BCUT2D eigenvalue weighted by atomic mass is 10.0. The number of halogens is 2. The molecule has 0 bridgehead atoms. The Morgan fingerprint density at radius 2 is 0.740 bits per heavy atom. The molecule has 5 aromatic carbocycles. The summed E-state index contributed by atoms with van der Waals surface area (Å²) in [4.78, 5) is 0. The van der Waals surface area contributed by atoms with Crippen LogP contribution in [0.5, 0.6) is 0 Å². The highest BCUT2D eigenvalue weighted by atomic mass is 35.5. The quantitative estimate of drug-likeness (QED) is 0.0888. The van der Waals surface area contributed by atoms with Crippen molar-refractivity contribution in [3.63, 3.8) is 0 Å². The van der Waals surface area contributed by atoms with E-state index in [1.54, 1.807) is 0 Å². The van der Waals surface area contributed by atoms with E-state index in [4.69, 9.17) is 23.2 Å². The predicted molar refractivity (Wildman–Crippen MR) is 219 cm³/mol. The lowest BCUT2D eigenvalue weighted by molar-refractivity contribution is 0.607. The Bertz CT molecular complexity index is 2040. The Balaban J connectivity index is 1.27. The van der Waals surface area contributed by atoms with Gasteiger partial charge in [0.05, 0.1) is 22.1 Å². The van der Waals surface area contributed by atoms with Crippen molar-refractivity contribution in [2.24, 2.45) is 0 Å². The number of nitrogens with zero attached hydrogens (tertiary/aromatic N) is 2. The maximum atomic E-state index is 6.66. The van der Waals surface area contributed by atoms with Gasteiger partial charge in [0.25, 0.3) is 0 Å². The molecule has 7 rings (SSSR count). The standard InChI is InChI=1S/C46H50Cl2N2/c1-3-5-7-9-11-13-15-33-17-23-37(24-18-33)49-43-27-21-35(47)29-39(43)41-32-46-42(31-45(41)49)40-30-36(48)22-28-44(40)50(46)38-25-19-34(20-26-38)16-14-12-10-8-6-4-2/h17-32H,3-16H2,1-2H3. The second kappa shape index (κ2) is 16.1. The van der Waals surface area contributed by atoms with Crippen LogP contribution in [-0.2, 0) is 12.8 Å². The van der Waals surface area contributed by atoms with Crippen LogP contribution >= 0.6 is 23.2 Å². The van der Waals surface area contributed by atoms with E-state index in [2.05, 4.69) is 108 Å². The van der Waals surface area contributed by atoms with Gasteiger partial charge in [0.1, 0.15) is 0 Å². The molecule has 0 aliphatic carbocycles. The number of aromatic nitrogens is 2. The topological polar surface area (TPSA) is 9.86 Å². The summed E-state index contributed by atoms with van der Waals surface area (Å²) in [5.41, 5.74) is 9.82. The molecule has 50 heavy (non-hydrogen) atoms. The maximum Gasteiger partial charge on any atom is 0.0548 e. The molecule has 0 aliphatic heterocycles. The average Bonchev–Trinajstić information content (AvgIpc) is 3.62. The van der Waals surface area contributed by atoms with E-state index in [1.807, 2.05) is 12.1 Å². The minimum absolute atomic E-state index is 0.749. The van der Waals surface area contributed by atoms with Gasteiger partial charge in [0, 0.05) is 43.0 Å². The van der Waals surface area contributed by atoms with Crippen LogP contribution in [0.15, 0.2) is 97.1 Å². The van der Waals surface area contributed by atoms with Gasteiger partial charge in [-0.25, -0.2) is 0 Å². The first kappa shape index (κ1) is 34.7. The summed E-state index contributed by atoms with van der Waals surface area (Å²) in [5, 5.41) is 6.21. The number of hydrogen-bond acceptors (Lipinski definition) is 0. The molecule has 0 saturated carbocycles. The molecule has 0 unspecified atom stereocenters. The van der Waals surface area contributed by atoms with Crippen LogP contribution < -0.4 is 0 Å². The SMILES string of the molecule is CCCCCCCCc1ccc(-n2c3ccc(Cl)cc3c3cc4c(cc32)c2cc(Cl)ccc2n4-c2ccc(CCCCCCCC)cc2)cc1. The third-order valence-electron chi connectivity index (χ3n) is 10.6. The van der Waals surface area contributed by atoms with E-state index in [0.717, 1.165) is 44.7 Å². The lowest BCUT2D eigenvalue weighted by Gasteiger charge is -2.11. The maximum absolute atomic E-state index is 6.66. The third-order valence-corrected chi connectivity index (χ3v) is 11.1. The number of fused-ring (bicyclic) bond motifs is 6. The molecule has 7 aromatic rings. The third kappa shape index (κ3) is 7.34. The second-order valence-electron chi connectivity index (χ2n) is 14.2. The molecule has 4 heteroatoms. The van der Waals surface area contributed by atoms with Gasteiger partial charge in [-0.1, -0.05) is 126 Å². The smallest absolute Gasteiger partial charge is 0.0548 e. The van der Waals surface area contributed by atoms with E-state index < -0.39 is 0 Å². The van der Waals surface area contributed by atoms with Gasteiger partial charge in [0.15, 0.2) is 0 Å². The van der Waals surface area contributed by atoms with Crippen LogP contribution in [0.1, 0.15) is 102 Å². The number of aryl methyl sites for hydroxylation is 2. The fraction of sp³-hybridized carbons (Fsp3) is 0.348. The van der Waals surface area contributed by atoms with Crippen molar-refractivity contribution >= 4 is 66.8 Å². The largest absolute Gasteiger partial charge is 0.309 e. The molecule has 2 aromatic heterocycles. The lowest BCUT2D eigenvalue weighted by Crippen LogP contribution is -1.96. The Kier molecular flexibility index (Phi) is 11.2. The van der Waals surface area contributed by atoms with Gasteiger partial charge >= 0.3 is 0 Å². The molecule has 258 valence electrons. The summed E-state index contributed by atoms with van der Waals surface area (Å²) in [6.45, 7) is 4.56. The molecule has 0 atom stereocenters. The van der Waals surface area contributed by atoms with E-state index in [-0.39, 0.29) is 0 Å². The summed E-state index contributed by atoms with van der Waals surface area (Å²) in [6.07, 6.45) is 18.1. The van der Waals surface area contributed by atoms with E-state index in [1.165, 1.54) is 121 Å². The van der Waals surface area contributed by atoms with Crippen LogP contribution in [0, 0.1) is 0 Å². The van der Waals surface area contributed by atoms with Crippen molar-refractivity contribution in [2.45, 2.75) is 104 Å². The molecule has 2 heterocycles. The van der Waals surface area contributed by atoms with E-state index in [0.29, 0.717) is 0 Å². The minimum Gasteiger partial charge on any atom is -0.309 e. The molecule has 0 amide bonds. The molecular weight excluding hydrogens is 651 g/mol. The normalized spacial score (nSPS) is 11.9. The Morgan fingerprint density at radius 3 is 1.14 bits per heavy atom. The van der Waals surface area contributed by atoms with Crippen LogP contribution in [0.4, 0.5) is 0 Å². The van der Waals surface area contributed by atoms with Gasteiger partial charge in [-0.05, 0) is 110 Å². The minimum atomic E-state index is 0.749. The zero-order valence-electron chi connectivity index (χ0n) is 29.8. The van der Waals surface area contributed by atoms with Gasteiger partial charge in [-0.15, -0.1) is 0 Å². The van der Waals surface area contributed by atoms with Gasteiger partial charge in [0.2, 0.25) is 0 Å². The molecule has 0 spiro atoms. The Morgan fingerprint density at radius 1 is 0.380 bits per heavy atom. The number of rotatable bonds is 16. The van der Waals surface area contributed by atoms with Crippen LogP contribution in [0.25, 0.3) is 55.0 Å². The predicted octanol–water partition coefficient (Wildman–Crippen LogP) is 15.0. The molecule has 0 aliphatic rings. The summed E-state index contributed by atoms with van der Waals surface area (Å²) in [5.74, 6) is 0. The first-order chi connectivity index (χ1) is 24.6. The first-order valence-electron chi connectivity index (χ1n) is 19.1. The summed E-state index contributed by atoms with van der Waals surface area (Å²) in [7, 11) is 0. The number of benzene rings is 5. The zero-order chi connectivity index (χ0) is 34.5.